The van der Waals surface area contributed by atoms with E-state index in [9.17, 15) is 4.79 Å². The highest BCUT2D eigenvalue weighted by molar-refractivity contribution is 7.21. The topological polar surface area (TPSA) is 65.8 Å². The van der Waals surface area contributed by atoms with Crippen molar-refractivity contribution >= 4 is 33.1 Å². The Bertz CT molecular complexity index is 1090. The van der Waals surface area contributed by atoms with Crippen LogP contribution < -0.4 is 5.32 Å². The number of nitriles is 1. The average Bonchev–Trinajstić information content (AvgIpc) is 3.13. The number of carbonyl (C=O) groups is 1. The van der Waals surface area contributed by atoms with E-state index in [1.165, 1.54) is 0 Å². The van der Waals surface area contributed by atoms with Crippen LogP contribution in [0.2, 0.25) is 0 Å². The quantitative estimate of drug-likeness (QED) is 0.557. The number of carbonyl (C=O) groups excluding carboxylic acids is 1. The van der Waals surface area contributed by atoms with Gasteiger partial charge in [0.05, 0.1) is 21.8 Å². The summed E-state index contributed by atoms with van der Waals surface area (Å²) in [6, 6.07) is 24.3. The minimum Gasteiger partial charge on any atom is -0.322 e. The molecule has 1 N–H and O–H groups in total. The molecule has 0 aliphatic rings. The molecule has 3 aromatic carbocycles. The summed E-state index contributed by atoms with van der Waals surface area (Å²) in [5, 5.41) is 12.6. The number of nitrogens with one attached hydrogen (secondary N) is 1. The minimum absolute atomic E-state index is 0.206. The third kappa shape index (κ3) is 3.18. The van der Waals surface area contributed by atoms with Crippen molar-refractivity contribution in [3.05, 3.63) is 83.9 Å². The monoisotopic (exact) mass is 355 g/mol. The molecule has 5 heteroatoms. The van der Waals surface area contributed by atoms with Gasteiger partial charge in [-0.25, -0.2) is 4.98 Å². The van der Waals surface area contributed by atoms with Gasteiger partial charge in [-0.15, -0.1) is 11.3 Å². The summed E-state index contributed by atoms with van der Waals surface area (Å²) in [6.45, 7) is 0. The predicted octanol–water partition coefficient (Wildman–Crippen LogP) is 5.09. The molecule has 0 fully saturated rings. The number of aromatic nitrogens is 1. The average molecular weight is 355 g/mol. The summed E-state index contributed by atoms with van der Waals surface area (Å²) in [7, 11) is 0. The Morgan fingerprint density at radius 2 is 1.69 bits per heavy atom. The van der Waals surface area contributed by atoms with Gasteiger partial charge in [0.2, 0.25) is 0 Å². The predicted molar refractivity (Wildman–Crippen MR) is 104 cm³/mol. The standard InChI is InChI=1S/C21H13N3OS/c22-13-14-5-7-15(8-6-14)20(25)23-17-11-9-16(10-12-17)21-24-18-3-1-2-4-19(18)26-21/h1-12H,(H,23,25). The molecule has 0 atom stereocenters. The maximum absolute atomic E-state index is 12.3. The van der Waals surface area contributed by atoms with Gasteiger partial charge in [-0.1, -0.05) is 12.1 Å². The third-order valence-corrected chi connectivity index (χ3v) is 5.05. The fraction of sp³-hybridized carbons (Fsp3) is 0. The number of thiazole rings is 1. The molecule has 0 bridgehead atoms. The van der Waals surface area contributed by atoms with Crippen molar-refractivity contribution in [3.63, 3.8) is 0 Å². The number of rotatable bonds is 3. The second kappa shape index (κ2) is 6.79. The summed E-state index contributed by atoms with van der Waals surface area (Å²) >= 11 is 1.65. The molecule has 4 aromatic rings. The van der Waals surface area contributed by atoms with Crippen molar-refractivity contribution < 1.29 is 4.79 Å². The van der Waals surface area contributed by atoms with Gasteiger partial charge in [0.25, 0.3) is 5.91 Å². The number of anilines is 1. The van der Waals surface area contributed by atoms with E-state index in [1.807, 2.05) is 48.5 Å². The van der Waals surface area contributed by atoms with Gasteiger partial charge < -0.3 is 5.32 Å². The van der Waals surface area contributed by atoms with Crippen LogP contribution in [0.25, 0.3) is 20.8 Å². The van der Waals surface area contributed by atoms with E-state index >= 15 is 0 Å². The molecule has 0 unspecified atom stereocenters. The zero-order chi connectivity index (χ0) is 17.9. The van der Waals surface area contributed by atoms with Gasteiger partial charge in [-0.05, 0) is 60.7 Å². The van der Waals surface area contributed by atoms with Crippen molar-refractivity contribution in [1.82, 2.24) is 4.98 Å². The molecule has 0 radical (unpaired) electrons. The summed E-state index contributed by atoms with van der Waals surface area (Å²) in [5.74, 6) is -0.206. The number of benzene rings is 3. The third-order valence-electron chi connectivity index (χ3n) is 3.96. The lowest BCUT2D eigenvalue weighted by atomic mass is 10.1. The largest absolute Gasteiger partial charge is 0.322 e. The van der Waals surface area contributed by atoms with Gasteiger partial charge in [-0.2, -0.15) is 5.26 Å². The summed E-state index contributed by atoms with van der Waals surface area (Å²) in [4.78, 5) is 16.9. The molecular formula is C21H13N3OS. The van der Waals surface area contributed by atoms with Crippen molar-refractivity contribution in [2.24, 2.45) is 0 Å². The number of amides is 1. The first-order chi connectivity index (χ1) is 12.7. The van der Waals surface area contributed by atoms with Crippen LogP contribution in [0.5, 0.6) is 0 Å². The number of fused-ring (bicyclic) bond motifs is 1. The molecule has 124 valence electrons. The number of hydrogen-bond acceptors (Lipinski definition) is 4. The molecule has 0 aliphatic carbocycles. The van der Waals surface area contributed by atoms with E-state index in [-0.39, 0.29) is 5.91 Å². The van der Waals surface area contributed by atoms with Crippen LogP contribution in [0.15, 0.2) is 72.8 Å². The van der Waals surface area contributed by atoms with Gasteiger partial charge in [0, 0.05) is 16.8 Å². The number of hydrogen-bond donors (Lipinski definition) is 1. The fourth-order valence-corrected chi connectivity index (χ4v) is 3.56. The van der Waals surface area contributed by atoms with Crippen LogP contribution in [-0.4, -0.2) is 10.9 Å². The highest BCUT2D eigenvalue weighted by Crippen LogP contribution is 2.30. The van der Waals surface area contributed by atoms with E-state index in [0.717, 1.165) is 20.8 Å². The lowest BCUT2D eigenvalue weighted by molar-refractivity contribution is 0.102. The zero-order valence-corrected chi connectivity index (χ0v) is 14.5. The van der Waals surface area contributed by atoms with Gasteiger partial charge in [0.15, 0.2) is 0 Å². The Balaban J connectivity index is 1.52. The van der Waals surface area contributed by atoms with E-state index in [0.29, 0.717) is 16.8 Å². The molecule has 0 spiro atoms. The lowest BCUT2D eigenvalue weighted by Crippen LogP contribution is -2.11. The molecule has 1 amide bonds. The van der Waals surface area contributed by atoms with Gasteiger partial charge in [-0.3, -0.25) is 4.79 Å². The first kappa shape index (κ1) is 16.0. The highest BCUT2D eigenvalue weighted by atomic mass is 32.1. The van der Waals surface area contributed by atoms with Crippen molar-refractivity contribution in [2.75, 3.05) is 5.32 Å². The maximum Gasteiger partial charge on any atom is 0.255 e. The molecule has 0 saturated heterocycles. The Hall–Kier alpha value is -3.49. The Kier molecular flexibility index (Phi) is 4.18. The molecular weight excluding hydrogens is 342 g/mol. The van der Waals surface area contributed by atoms with Crippen LogP contribution >= 0.6 is 11.3 Å². The molecule has 4 rings (SSSR count). The summed E-state index contributed by atoms with van der Waals surface area (Å²) in [5.41, 5.74) is 3.76. The lowest BCUT2D eigenvalue weighted by Gasteiger charge is -2.06. The van der Waals surface area contributed by atoms with E-state index in [4.69, 9.17) is 5.26 Å². The molecule has 1 heterocycles. The Morgan fingerprint density at radius 1 is 0.962 bits per heavy atom. The summed E-state index contributed by atoms with van der Waals surface area (Å²) < 4.78 is 1.15. The highest BCUT2D eigenvalue weighted by Gasteiger charge is 2.08. The van der Waals surface area contributed by atoms with Crippen LogP contribution in [0, 0.1) is 11.3 Å². The van der Waals surface area contributed by atoms with Gasteiger partial charge >= 0.3 is 0 Å². The normalized spacial score (nSPS) is 10.4. The Morgan fingerprint density at radius 3 is 2.38 bits per heavy atom. The van der Waals surface area contributed by atoms with Crippen LogP contribution in [0.3, 0.4) is 0 Å². The zero-order valence-electron chi connectivity index (χ0n) is 13.6. The van der Waals surface area contributed by atoms with Gasteiger partial charge in [0.1, 0.15) is 5.01 Å². The SMILES string of the molecule is N#Cc1ccc(C(=O)Nc2ccc(-c3nc4ccccc4s3)cc2)cc1. The van der Waals surface area contributed by atoms with E-state index < -0.39 is 0 Å². The molecule has 4 nitrogen and oxygen atoms in total. The first-order valence-corrected chi connectivity index (χ1v) is 8.82. The van der Waals surface area contributed by atoms with E-state index in [2.05, 4.69) is 16.4 Å². The first-order valence-electron chi connectivity index (χ1n) is 8.00. The second-order valence-electron chi connectivity index (χ2n) is 5.71. The van der Waals surface area contributed by atoms with E-state index in [1.54, 1.807) is 35.6 Å². The second-order valence-corrected chi connectivity index (χ2v) is 6.74. The fourth-order valence-electron chi connectivity index (χ4n) is 2.59. The van der Waals surface area contributed by atoms with Crippen molar-refractivity contribution in [1.29, 1.82) is 5.26 Å². The molecule has 0 aliphatic heterocycles. The van der Waals surface area contributed by atoms with Crippen LogP contribution in [0.1, 0.15) is 15.9 Å². The van der Waals surface area contributed by atoms with Crippen molar-refractivity contribution in [2.45, 2.75) is 0 Å². The molecule has 1 aromatic heterocycles. The molecule has 26 heavy (non-hydrogen) atoms. The maximum atomic E-state index is 12.3. The smallest absolute Gasteiger partial charge is 0.255 e. The summed E-state index contributed by atoms with van der Waals surface area (Å²) in [6.07, 6.45) is 0. The van der Waals surface area contributed by atoms with Crippen LogP contribution in [-0.2, 0) is 0 Å². The number of nitrogens with zero attached hydrogens (tertiary/aromatic N) is 2. The molecule has 0 saturated carbocycles. The Labute approximate surface area is 154 Å². The number of para-hydroxylation sites is 1. The van der Waals surface area contributed by atoms with Crippen molar-refractivity contribution in [3.8, 4) is 16.6 Å². The van der Waals surface area contributed by atoms with Crippen LogP contribution in [0.4, 0.5) is 5.69 Å². The minimum atomic E-state index is -0.206.